The van der Waals surface area contributed by atoms with Gasteiger partial charge >= 0.3 is 6.09 Å². The Hall–Kier alpha value is -7.48. The van der Waals surface area contributed by atoms with Crippen molar-refractivity contribution in [1.82, 2.24) is 52.8 Å². The molecule has 0 unspecified atom stereocenters. The molecule has 518 valence electrons. The Morgan fingerprint density at radius 2 is 1.12 bits per heavy atom. The Balaban J connectivity index is 0.000000251. The molecule has 4 aliphatic rings. The third-order valence-corrected chi connectivity index (χ3v) is 16.7. The van der Waals surface area contributed by atoms with Crippen LogP contribution in [0.5, 0.6) is 11.5 Å². The van der Waals surface area contributed by atoms with Gasteiger partial charge in [-0.3, -0.25) is 43.7 Å². The molecule has 0 saturated carbocycles. The zero-order valence-electron chi connectivity index (χ0n) is 56.0. The van der Waals surface area contributed by atoms with E-state index in [2.05, 4.69) is 57.8 Å². The maximum absolute atomic E-state index is 13.7. The Labute approximate surface area is 573 Å². The van der Waals surface area contributed by atoms with Gasteiger partial charge < -0.3 is 67.8 Å². The van der Waals surface area contributed by atoms with Gasteiger partial charge in [-0.15, -0.1) is 0 Å². The summed E-state index contributed by atoms with van der Waals surface area (Å²) < 4.78 is 17.4. The van der Waals surface area contributed by atoms with E-state index in [9.17, 15) is 33.6 Å². The van der Waals surface area contributed by atoms with Crippen molar-refractivity contribution in [2.45, 2.75) is 142 Å². The number of nitrogens with two attached hydrogens (primary N) is 1. The highest BCUT2D eigenvalue weighted by Crippen LogP contribution is 2.23. The summed E-state index contributed by atoms with van der Waals surface area (Å²) in [4.78, 5) is 102. The standard InChI is InChI=1S/C32H43ClN6O4.C28H38ClN5O4.C9H16N2O2S/c1-21(2)29-32(42)38-26(20-37-28-13-7-14-35-28)30(40)36-15-6-10-23-9-3-4-12-27(23)43-17-16-34-25(31(41)39-29)19-22-8-5-11-24(33)18-22;1-18(2)25-28(37)33-23(17-30)26(35)32-12-6-9-20-8-3-4-11-24(20)38-14-13-31-22(27(36)34-25)16-19-7-5-10-21(29)15-19;1-9(2,3)13-8(12)11-6-5-10-7(11)14-4/h3-5,8-9,11-12,18,21,25-26,29,34H,6-7,10,13-17,19-20H2,1-2H3,(H,35,37)(H,36,40)(H,38,42)(H,39,41);3-5,7-8,10-11,15,18,22-23,25,31H,6,9,12-14,16-17,30H2,1-2H3,(H,32,35)(H,33,37)(H,34,36);5-6H2,1-4H3/t25-,26+,29-;22-,23+,25-;/m11./s1. The predicted molar refractivity (Wildman–Crippen MR) is 375 cm³/mol. The Morgan fingerprint density at radius 3 is 1.57 bits per heavy atom. The average molecular weight is 1370 g/mol. The summed E-state index contributed by atoms with van der Waals surface area (Å²) in [5.74, 6) is -0.262. The zero-order chi connectivity index (χ0) is 68.9. The van der Waals surface area contributed by atoms with Crippen molar-refractivity contribution in [2.24, 2.45) is 27.6 Å². The third kappa shape index (κ3) is 26.2. The molecule has 0 aliphatic carbocycles. The first-order chi connectivity index (χ1) is 45.5. The van der Waals surface area contributed by atoms with Crippen LogP contribution in [0.25, 0.3) is 0 Å². The van der Waals surface area contributed by atoms with Crippen molar-refractivity contribution in [1.29, 1.82) is 0 Å². The minimum Gasteiger partial charge on any atom is -0.492 e. The van der Waals surface area contributed by atoms with E-state index in [0.29, 0.717) is 101 Å². The molecule has 0 spiro atoms. The number of para-hydroxylation sites is 2. The van der Waals surface area contributed by atoms with Gasteiger partial charge in [-0.05, 0) is 142 Å². The molecule has 23 nitrogen and oxygen atoms in total. The molecule has 11 N–H and O–H groups in total. The minimum absolute atomic E-state index is 0.0635. The lowest BCUT2D eigenvalue weighted by atomic mass is 10.0. The summed E-state index contributed by atoms with van der Waals surface area (Å²) in [7, 11) is 0. The number of nitrogens with one attached hydrogen (secondary N) is 9. The largest absolute Gasteiger partial charge is 0.492 e. The first kappa shape index (κ1) is 76.5. The highest BCUT2D eigenvalue weighted by atomic mass is 35.5. The van der Waals surface area contributed by atoms with Gasteiger partial charge in [0.05, 0.1) is 31.0 Å². The van der Waals surface area contributed by atoms with Crippen LogP contribution in [0.15, 0.2) is 107 Å². The summed E-state index contributed by atoms with van der Waals surface area (Å²) in [6.07, 6.45) is 6.93. The van der Waals surface area contributed by atoms with E-state index >= 15 is 0 Å². The number of aryl methyl sites for hydroxylation is 2. The van der Waals surface area contributed by atoms with Crippen LogP contribution in [0.2, 0.25) is 10.0 Å². The van der Waals surface area contributed by atoms with Crippen molar-refractivity contribution >= 4 is 87.5 Å². The molecule has 0 radical (unpaired) electrons. The Bertz CT molecular complexity index is 3240. The number of halogens is 2. The molecule has 6 atom stereocenters. The van der Waals surface area contributed by atoms with Crippen molar-refractivity contribution < 1.29 is 47.8 Å². The zero-order valence-corrected chi connectivity index (χ0v) is 58.3. The number of benzene rings is 4. The van der Waals surface area contributed by atoms with Crippen LogP contribution < -0.4 is 63.1 Å². The Kier molecular flexibility index (Phi) is 31.8. The van der Waals surface area contributed by atoms with Crippen LogP contribution in [-0.2, 0) is 59.2 Å². The number of hydrogen-bond donors (Lipinski definition) is 10. The molecule has 4 aliphatic heterocycles. The molecule has 4 heterocycles. The molecule has 95 heavy (non-hydrogen) atoms. The highest BCUT2D eigenvalue weighted by molar-refractivity contribution is 8.13. The lowest BCUT2D eigenvalue weighted by Crippen LogP contribution is -2.60. The number of amides is 7. The summed E-state index contributed by atoms with van der Waals surface area (Å²) in [6.45, 7) is 17.6. The molecule has 0 fully saturated rings. The van der Waals surface area contributed by atoms with Gasteiger partial charge in [0, 0.05) is 62.3 Å². The summed E-state index contributed by atoms with van der Waals surface area (Å²) in [5, 5.41) is 29.0. The van der Waals surface area contributed by atoms with Crippen LogP contribution in [0.4, 0.5) is 4.79 Å². The number of nitrogens with zero attached hydrogens (tertiary/aromatic N) is 3. The highest BCUT2D eigenvalue weighted by Gasteiger charge is 2.34. The average Bonchev–Trinajstić information content (AvgIpc) is 2.07. The lowest BCUT2D eigenvalue weighted by molar-refractivity contribution is -0.133. The molecule has 4 aromatic carbocycles. The number of ether oxygens (including phenoxy) is 3. The first-order valence-corrected chi connectivity index (χ1v) is 34.7. The second-order valence-corrected chi connectivity index (χ2v) is 26.7. The fraction of sp³-hybridized carbons (Fsp3) is 0.522. The quantitative estimate of drug-likeness (QED) is 0.0931. The van der Waals surface area contributed by atoms with E-state index in [1.807, 2.05) is 140 Å². The van der Waals surface area contributed by atoms with Crippen LogP contribution in [0.1, 0.15) is 96.4 Å². The van der Waals surface area contributed by atoms with Crippen molar-refractivity contribution in [3.05, 3.63) is 129 Å². The molecule has 26 heteroatoms. The number of aliphatic imine (C=N–C) groups is 2. The molecule has 4 aromatic rings. The molecule has 0 aromatic heterocycles. The van der Waals surface area contributed by atoms with E-state index in [-0.39, 0.29) is 54.6 Å². The normalized spacial score (nSPS) is 21.6. The van der Waals surface area contributed by atoms with Gasteiger partial charge in [0.1, 0.15) is 54.5 Å². The fourth-order valence-electron chi connectivity index (χ4n) is 10.6. The second-order valence-electron chi connectivity index (χ2n) is 25.0. The SMILES string of the molecule is CC(C)[C@H]1NC(=O)[C@@H](Cc2cccc(Cl)c2)NCCOc2ccccc2CCCNC(=O)[C@H](CN)NC1=O.CC(C)[C@H]1NC(=O)[C@@H](Cc2cccc(Cl)c2)NCCOc2ccccc2CCCNC(=O)[C@H](CNC2=NCCC2)NC1=O.CSC1=NCCN1C(=O)OC(C)(C)C. The predicted octanol–water partition coefficient (Wildman–Crippen LogP) is 5.91. The van der Waals surface area contributed by atoms with Crippen molar-refractivity contribution in [3.63, 3.8) is 0 Å². The number of amidine groups is 2. The van der Waals surface area contributed by atoms with Gasteiger partial charge in [0.2, 0.25) is 35.4 Å². The van der Waals surface area contributed by atoms with E-state index in [1.165, 1.54) is 11.8 Å². The molecular formula is C69H97Cl2N13O10S. The van der Waals surface area contributed by atoms with Gasteiger partial charge in [-0.2, -0.15) is 0 Å². The van der Waals surface area contributed by atoms with Gasteiger partial charge in [-0.1, -0.05) is 123 Å². The third-order valence-electron chi connectivity index (χ3n) is 15.6. The molecule has 0 bridgehead atoms. The number of thioether (sulfide) groups is 1. The minimum atomic E-state index is -0.907. The first-order valence-electron chi connectivity index (χ1n) is 32.7. The second kappa shape index (κ2) is 39.5. The number of fused-ring (bicyclic) bond motifs is 2. The van der Waals surface area contributed by atoms with Crippen LogP contribution in [0, 0.1) is 11.8 Å². The number of rotatable bonds is 9. The van der Waals surface area contributed by atoms with Gasteiger partial charge in [0.15, 0.2) is 5.17 Å². The van der Waals surface area contributed by atoms with E-state index in [0.717, 1.165) is 64.1 Å². The Morgan fingerprint density at radius 1 is 0.621 bits per heavy atom. The smallest absolute Gasteiger partial charge is 0.416 e. The summed E-state index contributed by atoms with van der Waals surface area (Å²) >= 11 is 13.9. The van der Waals surface area contributed by atoms with Crippen molar-refractivity contribution in [2.75, 3.05) is 78.4 Å². The fourth-order valence-corrected chi connectivity index (χ4v) is 11.6. The van der Waals surface area contributed by atoms with Gasteiger partial charge in [-0.25, -0.2) is 4.79 Å². The van der Waals surface area contributed by atoms with Crippen molar-refractivity contribution in [3.8, 4) is 11.5 Å². The van der Waals surface area contributed by atoms with Crippen LogP contribution >= 0.6 is 35.0 Å². The molecule has 7 amide bonds. The lowest BCUT2D eigenvalue weighted by Gasteiger charge is -2.28. The van der Waals surface area contributed by atoms with E-state index in [4.69, 9.17) is 43.1 Å². The topological polar surface area (TPSA) is 309 Å². The number of carbonyl (C=O) groups is 7. The monoisotopic (exact) mass is 1370 g/mol. The van der Waals surface area contributed by atoms with Crippen LogP contribution in [-0.4, -0.2) is 178 Å². The molecule has 8 rings (SSSR count). The van der Waals surface area contributed by atoms with E-state index in [1.54, 1.807) is 17.0 Å². The maximum atomic E-state index is 13.7. The number of carbonyl (C=O) groups excluding carboxylic acids is 7. The molecular weight excluding hydrogens is 1270 g/mol. The summed E-state index contributed by atoms with van der Waals surface area (Å²) in [5.41, 5.74) is 9.20. The maximum Gasteiger partial charge on any atom is 0.416 e. The summed E-state index contributed by atoms with van der Waals surface area (Å²) in [6, 6.07) is 25.5. The van der Waals surface area contributed by atoms with Gasteiger partial charge in [0.25, 0.3) is 0 Å². The number of hydrogen-bond acceptors (Lipinski definition) is 17. The van der Waals surface area contributed by atoms with Crippen LogP contribution in [0.3, 0.4) is 0 Å². The van der Waals surface area contributed by atoms with E-state index < -0.39 is 53.7 Å². The molecule has 0 saturated heterocycles.